The molecule has 1 amide bonds. The highest BCUT2D eigenvalue weighted by atomic mass is 32.1. The lowest BCUT2D eigenvalue weighted by Crippen LogP contribution is -2.29. The Hall–Kier alpha value is -3.33. The average molecular weight is 393 g/mol. The first-order valence-corrected chi connectivity index (χ1v) is 9.57. The van der Waals surface area contributed by atoms with Crippen molar-refractivity contribution < 1.29 is 4.79 Å². The van der Waals surface area contributed by atoms with Crippen LogP contribution in [0.2, 0.25) is 0 Å². The van der Waals surface area contributed by atoms with Gasteiger partial charge >= 0.3 is 0 Å². The zero-order valence-corrected chi connectivity index (χ0v) is 16.5. The maximum atomic E-state index is 12.9. The Balaban J connectivity index is 1.49. The number of carbonyl (C=O) groups is 1. The molecule has 0 saturated heterocycles. The van der Waals surface area contributed by atoms with Gasteiger partial charge in [0.1, 0.15) is 23.4 Å². The zero-order valence-electron chi connectivity index (χ0n) is 15.7. The number of thiazole rings is 1. The Kier molecular flexibility index (Phi) is 4.74. The number of nitrogens with zero attached hydrogens (tertiary/aromatic N) is 7. The van der Waals surface area contributed by atoms with Crippen molar-refractivity contribution in [1.82, 2.24) is 34.4 Å². The molecule has 9 heteroatoms. The van der Waals surface area contributed by atoms with E-state index in [1.165, 1.54) is 17.7 Å². The minimum atomic E-state index is -0.112. The van der Waals surface area contributed by atoms with Crippen molar-refractivity contribution in [3.63, 3.8) is 0 Å². The summed E-state index contributed by atoms with van der Waals surface area (Å²) in [7, 11) is 3.65. The van der Waals surface area contributed by atoms with Gasteiger partial charge in [-0.15, -0.1) is 11.3 Å². The van der Waals surface area contributed by atoms with Crippen molar-refractivity contribution in [1.29, 1.82) is 0 Å². The van der Waals surface area contributed by atoms with Crippen LogP contribution in [-0.2, 0) is 7.05 Å². The van der Waals surface area contributed by atoms with Crippen LogP contribution in [-0.4, -0.2) is 47.4 Å². The Bertz CT molecular complexity index is 1080. The van der Waals surface area contributed by atoms with Gasteiger partial charge in [0.15, 0.2) is 0 Å². The van der Waals surface area contributed by atoms with Gasteiger partial charge in [0.25, 0.3) is 5.91 Å². The predicted molar refractivity (Wildman–Crippen MR) is 106 cm³/mol. The molecule has 0 bridgehead atoms. The summed E-state index contributed by atoms with van der Waals surface area (Å²) in [5, 5.41) is 10.9. The predicted octanol–water partition coefficient (Wildman–Crippen LogP) is 2.96. The lowest BCUT2D eigenvalue weighted by molar-refractivity contribution is 0.0737. The fourth-order valence-corrected chi connectivity index (χ4v) is 3.63. The number of benzene rings is 1. The van der Waals surface area contributed by atoms with Gasteiger partial charge in [-0.05, 0) is 24.6 Å². The van der Waals surface area contributed by atoms with Crippen molar-refractivity contribution in [2.24, 2.45) is 7.05 Å². The first kappa shape index (κ1) is 18.1. The SMILES string of the molecule is C[C@@H](c1ccc(-n2cncn2)cc1)N(C)C(=O)c1csc(-c2cnn(C)c2)n1. The molecule has 0 aliphatic carbocycles. The van der Waals surface area contributed by atoms with Crippen molar-refractivity contribution in [2.45, 2.75) is 13.0 Å². The lowest BCUT2D eigenvalue weighted by Gasteiger charge is -2.24. The minimum Gasteiger partial charge on any atom is -0.334 e. The molecule has 4 rings (SSSR count). The molecule has 0 fully saturated rings. The van der Waals surface area contributed by atoms with Gasteiger partial charge in [0.05, 0.1) is 17.9 Å². The quantitative estimate of drug-likeness (QED) is 0.521. The van der Waals surface area contributed by atoms with E-state index in [0.717, 1.165) is 21.8 Å². The van der Waals surface area contributed by atoms with E-state index in [-0.39, 0.29) is 11.9 Å². The second-order valence-electron chi connectivity index (χ2n) is 6.46. The van der Waals surface area contributed by atoms with Gasteiger partial charge < -0.3 is 4.90 Å². The van der Waals surface area contributed by atoms with E-state index in [4.69, 9.17) is 0 Å². The van der Waals surface area contributed by atoms with Crippen LogP contribution in [0.5, 0.6) is 0 Å². The maximum absolute atomic E-state index is 12.9. The fraction of sp³-hybridized carbons (Fsp3) is 0.211. The maximum Gasteiger partial charge on any atom is 0.273 e. The highest BCUT2D eigenvalue weighted by molar-refractivity contribution is 7.13. The monoisotopic (exact) mass is 393 g/mol. The normalized spacial score (nSPS) is 12.1. The number of aryl methyl sites for hydroxylation is 1. The third kappa shape index (κ3) is 3.44. The smallest absolute Gasteiger partial charge is 0.273 e. The third-order valence-corrected chi connectivity index (χ3v) is 5.53. The summed E-state index contributed by atoms with van der Waals surface area (Å²) >= 11 is 1.44. The number of amides is 1. The molecule has 28 heavy (non-hydrogen) atoms. The number of carbonyl (C=O) groups excluding carboxylic acids is 1. The number of aromatic nitrogens is 6. The van der Waals surface area contributed by atoms with E-state index in [0.29, 0.717) is 5.69 Å². The van der Waals surface area contributed by atoms with Crippen LogP contribution in [0.15, 0.2) is 54.7 Å². The van der Waals surface area contributed by atoms with Gasteiger partial charge in [-0.2, -0.15) is 10.2 Å². The number of hydrogen-bond donors (Lipinski definition) is 0. The topological polar surface area (TPSA) is 81.7 Å². The zero-order chi connectivity index (χ0) is 19.7. The largest absolute Gasteiger partial charge is 0.334 e. The standard InChI is InChI=1S/C19H19N7OS/c1-13(14-4-6-16(7-5-14)26-12-20-11-22-26)25(3)19(27)17-10-28-18(23-17)15-8-21-24(2)9-15/h4-13H,1-3H3/t13-/m0/s1. The molecule has 0 aliphatic rings. The van der Waals surface area contributed by atoms with E-state index in [2.05, 4.69) is 20.2 Å². The summed E-state index contributed by atoms with van der Waals surface area (Å²) in [5.74, 6) is -0.112. The molecule has 0 saturated carbocycles. The van der Waals surface area contributed by atoms with Crippen LogP contribution in [0, 0.1) is 0 Å². The first-order chi connectivity index (χ1) is 13.5. The minimum absolute atomic E-state index is 0.0964. The van der Waals surface area contributed by atoms with Gasteiger partial charge in [-0.25, -0.2) is 14.6 Å². The molecule has 4 aromatic rings. The van der Waals surface area contributed by atoms with Crippen LogP contribution in [0.4, 0.5) is 0 Å². The summed E-state index contributed by atoms with van der Waals surface area (Å²) in [4.78, 5) is 23.0. The average Bonchev–Trinajstić information content (AvgIpc) is 3.47. The second kappa shape index (κ2) is 7.35. The van der Waals surface area contributed by atoms with Gasteiger partial charge in [-0.1, -0.05) is 12.1 Å². The molecule has 0 radical (unpaired) electrons. The van der Waals surface area contributed by atoms with Crippen LogP contribution in [0.25, 0.3) is 16.3 Å². The Morgan fingerprint density at radius 3 is 2.64 bits per heavy atom. The molecule has 0 N–H and O–H groups in total. The molecule has 1 aromatic carbocycles. The van der Waals surface area contributed by atoms with E-state index in [1.807, 2.05) is 44.4 Å². The number of rotatable bonds is 5. The van der Waals surface area contributed by atoms with Crippen LogP contribution in [0.1, 0.15) is 29.0 Å². The third-order valence-electron chi connectivity index (χ3n) is 4.64. The molecule has 142 valence electrons. The molecule has 1 atom stereocenters. The lowest BCUT2D eigenvalue weighted by atomic mass is 10.1. The van der Waals surface area contributed by atoms with Gasteiger partial charge in [-0.3, -0.25) is 9.48 Å². The van der Waals surface area contributed by atoms with E-state index >= 15 is 0 Å². The molecule has 0 aliphatic heterocycles. The highest BCUT2D eigenvalue weighted by Crippen LogP contribution is 2.26. The van der Waals surface area contributed by atoms with E-state index < -0.39 is 0 Å². The summed E-state index contributed by atoms with van der Waals surface area (Å²) in [6, 6.07) is 7.81. The fourth-order valence-electron chi connectivity index (χ4n) is 2.86. The van der Waals surface area contributed by atoms with Crippen LogP contribution < -0.4 is 0 Å². The van der Waals surface area contributed by atoms with Crippen LogP contribution in [0.3, 0.4) is 0 Å². The van der Waals surface area contributed by atoms with E-state index in [9.17, 15) is 4.79 Å². The highest BCUT2D eigenvalue weighted by Gasteiger charge is 2.22. The van der Waals surface area contributed by atoms with Gasteiger partial charge in [0, 0.05) is 31.2 Å². The van der Waals surface area contributed by atoms with Gasteiger partial charge in [0.2, 0.25) is 0 Å². The molecule has 0 spiro atoms. The molecule has 8 nitrogen and oxygen atoms in total. The Labute approximate surface area is 166 Å². The molecule has 3 aromatic heterocycles. The molecule has 0 unspecified atom stereocenters. The summed E-state index contributed by atoms with van der Waals surface area (Å²) in [6.07, 6.45) is 6.78. The van der Waals surface area contributed by atoms with Crippen LogP contribution >= 0.6 is 11.3 Å². The second-order valence-corrected chi connectivity index (χ2v) is 7.32. The summed E-state index contributed by atoms with van der Waals surface area (Å²) in [5.41, 5.74) is 3.30. The van der Waals surface area contributed by atoms with Crippen molar-refractivity contribution in [3.8, 4) is 16.3 Å². The molecule has 3 heterocycles. The summed E-state index contributed by atoms with van der Waals surface area (Å²) in [6.45, 7) is 2.00. The van der Waals surface area contributed by atoms with Crippen molar-refractivity contribution in [3.05, 3.63) is 66.0 Å². The van der Waals surface area contributed by atoms with E-state index in [1.54, 1.807) is 39.2 Å². The molecular formula is C19H19N7OS. The van der Waals surface area contributed by atoms with Crippen molar-refractivity contribution in [2.75, 3.05) is 7.05 Å². The first-order valence-electron chi connectivity index (χ1n) is 8.69. The Morgan fingerprint density at radius 2 is 2.00 bits per heavy atom. The van der Waals surface area contributed by atoms with Crippen molar-refractivity contribution >= 4 is 17.2 Å². The Morgan fingerprint density at radius 1 is 1.21 bits per heavy atom. The molecular weight excluding hydrogens is 374 g/mol. The number of hydrogen-bond acceptors (Lipinski definition) is 6. The summed E-state index contributed by atoms with van der Waals surface area (Å²) < 4.78 is 3.41.